The number of phenolic OH excluding ortho intramolecular Hbond substituents is 1. The van der Waals surface area contributed by atoms with E-state index in [0.717, 1.165) is 17.0 Å². The number of halogens is 1. The summed E-state index contributed by atoms with van der Waals surface area (Å²) in [7, 11) is 0. The summed E-state index contributed by atoms with van der Waals surface area (Å²) in [6.45, 7) is 3.61. The van der Waals surface area contributed by atoms with Crippen molar-refractivity contribution in [3.63, 3.8) is 0 Å². The van der Waals surface area contributed by atoms with Crippen molar-refractivity contribution in [2.75, 3.05) is 13.3 Å². The number of aliphatic imine (C=N–C) groups is 1. The van der Waals surface area contributed by atoms with Crippen LogP contribution in [0.15, 0.2) is 35.3 Å². The third kappa shape index (κ3) is 3.47. The van der Waals surface area contributed by atoms with Crippen LogP contribution in [-0.2, 0) is 4.74 Å². The molecule has 122 valence electrons. The fourth-order valence-corrected chi connectivity index (χ4v) is 2.38. The Morgan fingerprint density at radius 3 is 2.87 bits per heavy atom. The number of nitrogens with one attached hydrogen (secondary N) is 1. The molecule has 5 nitrogen and oxygen atoms in total. The second-order valence-electron chi connectivity index (χ2n) is 5.68. The van der Waals surface area contributed by atoms with Gasteiger partial charge in [-0.15, -0.1) is 0 Å². The number of rotatable bonds is 5. The molecule has 0 fully saturated rings. The normalized spacial score (nSPS) is 18.4. The van der Waals surface area contributed by atoms with Gasteiger partial charge in [0.15, 0.2) is 0 Å². The lowest BCUT2D eigenvalue weighted by Gasteiger charge is -2.12. The van der Waals surface area contributed by atoms with Crippen molar-refractivity contribution in [1.29, 1.82) is 0 Å². The Morgan fingerprint density at radius 1 is 1.39 bits per heavy atom. The van der Waals surface area contributed by atoms with Gasteiger partial charge in [-0.25, -0.2) is 9.38 Å². The number of phenols is 1. The molecule has 0 spiro atoms. The minimum absolute atomic E-state index is 0.0581. The number of aromatic amines is 1. The van der Waals surface area contributed by atoms with E-state index in [0.29, 0.717) is 18.3 Å². The smallest absolute Gasteiger partial charge is 0.233 e. The molecule has 0 aliphatic carbocycles. The first-order chi connectivity index (χ1) is 11.0. The van der Waals surface area contributed by atoms with Crippen molar-refractivity contribution < 1.29 is 19.0 Å². The monoisotopic (exact) mass is 318 g/mol. The van der Waals surface area contributed by atoms with E-state index >= 15 is 0 Å². The van der Waals surface area contributed by atoms with Crippen LogP contribution < -0.4 is 4.74 Å². The number of aromatic hydroxyl groups is 1. The summed E-state index contributed by atoms with van der Waals surface area (Å²) in [6.07, 6.45) is -0.563. The van der Waals surface area contributed by atoms with Crippen LogP contribution in [0.1, 0.15) is 19.5 Å². The van der Waals surface area contributed by atoms with E-state index in [1.165, 1.54) is 6.07 Å². The molecular weight excluding hydrogens is 299 g/mol. The van der Waals surface area contributed by atoms with Crippen molar-refractivity contribution >= 4 is 5.90 Å². The molecule has 0 saturated carbocycles. The van der Waals surface area contributed by atoms with Crippen LogP contribution in [0.25, 0.3) is 11.3 Å². The van der Waals surface area contributed by atoms with E-state index in [1.54, 1.807) is 19.1 Å². The summed E-state index contributed by atoms with van der Waals surface area (Å²) >= 11 is 0. The molecule has 1 aromatic carbocycles. The molecule has 1 aliphatic heterocycles. The largest absolute Gasteiger partial charge is 0.508 e. The number of hydrogen-bond donors (Lipinski definition) is 2. The lowest BCUT2D eigenvalue weighted by atomic mass is 10.1. The average molecular weight is 318 g/mol. The Hall–Kier alpha value is -2.50. The van der Waals surface area contributed by atoms with Crippen molar-refractivity contribution in [3.8, 4) is 22.8 Å². The third-order valence-corrected chi connectivity index (χ3v) is 3.47. The molecule has 0 bridgehead atoms. The van der Waals surface area contributed by atoms with E-state index < -0.39 is 12.8 Å². The van der Waals surface area contributed by atoms with Crippen molar-refractivity contribution in [1.82, 2.24) is 4.98 Å². The van der Waals surface area contributed by atoms with E-state index in [-0.39, 0.29) is 11.8 Å². The third-order valence-electron chi connectivity index (χ3n) is 3.47. The van der Waals surface area contributed by atoms with Gasteiger partial charge in [-0.3, -0.25) is 0 Å². The molecule has 2 N–H and O–H groups in total. The number of benzene rings is 1. The molecule has 0 saturated heterocycles. The lowest BCUT2D eigenvalue weighted by molar-refractivity contribution is 0.181. The van der Waals surface area contributed by atoms with Gasteiger partial charge in [-0.1, -0.05) is 0 Å². The fourth-order valence-electron chi connectivity index (χ4n) is 2.38. The SMILES string of the molecule is C[C@@H]1COC(c2ccc(-c3cc(O)cc(O[C@@H](C)CF)c3)[nH]2)=N1. The molecule has 2 aromatic rings. The predicted octanol–water partition coefficient (Wildman–Crippen LogP) is 3.29. The zero-order chi connectivity index (χ0) is 16.4. The fraction of sp³-hybridized carbons (Fsp3) is 0.353. The summed E-state index contributed by atoms with van der Waals surface area (Å²) in [5.41, 5.74) is 2.32. The van der Waals surface area contributed by atoms with Crippen LogP contribution in [0.2, 0.25) is 0 Å². The molecule has 2 heterocycles. The van der Waals surface area contributed by atoms with E-state index in [2.05, 4.69) is 9.98 Å². The summed E-state index contributed by atoms with van der Waals surface area (Å²) in [5, 5.41) is 9.86. The maximum Gasteiger partial charge on any atom is 0.233 e. The number of H-pyrrole nitrogens is 1. The summed E-state index contributed by atoms with van der Waals surface area (Å²) in [6, 6.07) is 8.73. The van der Waals surface area contributed by atoms with Gasteiger partial charge >= 0.3 is 0 Å². The number of alkyl halides is 1. The van der Waals surface area contributed by atoms with Gasteiger partial charge in [-0.2, -0.15) is 0 Å². The van der Waals surface area contributed by atoms with E-state index in [4.69, 9.17) is 9.47 Å². The predicted molar refractivity (Wildman–Crippen MR) is 85.9 cm³/mol. The highest BCUT2D eigenvalue weighted by molar-refractivity contribution is 5.94. The molecule has 1 aromatic heterocycles. The van der Waals surface area contributed by atoms with Gasteiger partial charge in [0.1, 0.15) is 36.6 Å². The Balaban J connectivity index is 1.87. The number of nitrogens with zero attached hydrogens (tertiary/aromatic N) is 1. The average Bonchev–Trinajstić information content (AvgIpc) is 3.15. The Bertz CT molecular complexity index is 726. The van der Waals surface area contributed by atoms with E-state index in [9.17, 15) is 9.50 Å². The first-order valence-corrected chi connectivity index (χ1v) is 7.52. The first kappa shape index (κ1) is 15.4. The van der Waals surface area contributed by atoms with Gasteiger partial charge in [0.25, 0.3) is 0 Å². The zero-order valence-corrected chi connectivity index (χ0v) is 13.0. The lowest BCUT2D eigenvalue weighted by Crippen LogP contribution is -2.13. The van der Waals surface area contributed by atoms with Crippen molar-refractivity contribution in [2.45, 2.75) is 26.0 Å². The zero-order valence-electron chi connectivity index (χ0n) is 13.0. The Labute approximate surface area is 133 Å². The Kier molecular flexibility index (Phi) is 4.23. The molecule has 0 unspecified atom stereocenters. The van der Waals surface area contributed by atoms with E-state index in [1.807, 2.05) is 19.1 Å². The number of aromatic nitrogens is 1. The quantitative estimate of drug-likeness (QED) is 0.889. The molecule has 1 aliphatic rings. The van der Waals surface area contributed by atoms with Gasteiger partial charge in [-0.05, 0) is 38.1 Å². The number of ether oxygens (including phenoxy) is 2. The highest BCUT2D eigenvalue weighted by Crippen LogP contribution is 2.29. The van der Waals surface area contributed by atoms with Gasteiger partial charge in [0.2, 0.25) is 5.90 Å². The topological polar surface area (TPSA) is 66.8 Å². The molecule has 0 amide bonds. The van der Waals surface area contributed by atoms with Crippen LogP contribution >= 0.6 is 0 Å². The van der Waals surface area contributed by atoms with Crippen LogP contribution in [0, 0.1) is 0 Å². The standard InChI is InChI=1S/C17H19FN2O3/c1-10-9-22-17(19-10)16-4-3-15(20-16)12-5-13(21)7-14(6-12)23-11(2)8-18/h3-7,10-11,20-21H,8-9H2,1-2H3/t10-,11+/m1/s1. The van der Waals surface area contributed by atoms with Gasteiger partial charge in [0, 0.05) is 17.3 Å². The minimum Gasteiger partial charge on any atom is -0.508 e. The first-order valence-electron chi connectivity index (χ1n) is 7.52. The van der Waals surface area contributed by atoms with Crippen LogP contribution in [0.5, 0.6) is 11.5 Å². The summed E-state index contributed by atoms with van der Waals surface area (Å²) < 4.78 is 23.5. The minimum atomic E-state index is -0.590. The molecular formula is C17H19FN2O3. The highest BCUT2D eigenvalue weighted by atomic mass is 19.1. The second kappa shape index (κ2) is 6.32. The number of hydrogen-bond acceptors (Lipinski definition) is 4. The van der Waals surface area contributed by atoms with Crippen LogP contribution in [-0.4, -0.2) is 41.4 Å². The summed E-state index contributed by atoms with van der Waals surface area (Å²) in [5.74, 6) is 1.07. The van der Waals surface area contributed by atoms with Gasteiger partial charge < -0.3 is 19.6 Å². The molecule has 23 heavy (non-hydrogen) atoms. The maximum atomic E-state index is 12.6. The second-order valence-corrected chi connectivity index (χ2v) is 5.68. The Morgan fingerprint density at radius 2 is 2.17 bits per heavy atom. The summed E-state index contributed by atoms with van der Waals surface area (Å²) in [4.78, 5) is 7.62. The molecule has 6 heteroatoms. The molecule has 0 radical (unpaired) electrons. The van der Waals surface area contributed by atoms with Gasteiger partial charge in [0.05, 0.1) is 6.04 Å². The molecule has 2 atom stereocenters. The van der Waals surface area contributed by atoms with Crippen molar-refractivity contribution in [3.05, 3.63) is 36.0 Å². The van der Waals surface area contributed by atoms with Crippen molar-refractivity contribution in [2.24, 2.45) is 4.99 Å². The highest BCUT2D eigenvalue weighted by Gasteiger charge is 2.18. The van der Waals surface area contributed by atoms with Crippen LogP contribution in [0.4, 0.5) is 4.39 Å². The maximum absolute atomic E-state index is 12.6. The molecule has 3 rings (SSSR count). The van der Waals surface area contributed by atoms with Crippen LogP contribution in [0.3, 0.4) is 0 Å².